The number of aliphatic imine (C=N–C) groups is 1. The lowest BCUT2D eigenvalue weighted by atomic mass is 10.1. The normalized spacial score (nSPS) is 15.7. The molecule has 0 aromatic heterocycles. The van der Waals surface area contributed by atoms with Gasteiger partial charge in [-0.3, -0.25) is 9.69 Å². The molecule has 1 amide bonds. The Balaban J connectivity index is 1.56. The number of carbonyl (C=O) groups is 1. The van der Waals surface area contributed by atoms with Crippen molar-refractivity contribution in [2.24, 2.45) is 4.99 Å². The van der Waals surface area contributed by atoms with Gasteiger partial charge in [0.05, 0.1) is 17.2 Å². The fraction of sp³-hybridized carbons (Fsp3) is 0.241. The smallest absolute Gasteiger partial charge is 0.266 e. The monoisotopic (exact) mass is 504 g/mol. The first-order valence-electron chi connectivity index (χ1n) is 12.0. The van der Waals surface area contributed by atoms with Crippen molar-refractivity contribution in [2.75, 3.05) is 13.2 Å². The van der Waals surface area contributed by atoms with Crippen LogP contribution >= 0.6 is 11.8 Å². The summed E-state index contributed by atoms with van der Waals surface area (Å²) in [6.45, 7) is 7.35. The zero-order chi connectivity index (χ0) is 25.5. The molecule has 0 saturated carbocycles. The van der Waals surface area contributed by atoms with Crippen molar-refractivity contribution < 1.29 is 18.7 Å². The lowest BCUT2D eigenvalue weighted by Crippen LogP contribution is -2.29. The second-order valence-corrected chi connectivity index (χ2v) is 9.36. The van der Waals surface area contributed by atoms with Crippen LogP contribution < -0.4 is 9.47 Å². The van der Waals surface area contributed by atoms with Crippen LogP contribution in [0.4, 0.5) is 10.1 Å². The fourth-order valence-corrected chi connectivity index (χ4v) is 4.66. The summed E-state index contributed by atoms with van der Waals surface area (Å²) in [5, 5.41) is 0.682. The molecule has 4 rings (SSSR count). The molecular formula is C29H29FN2O3S. The van der Waals surface area contributed by atoms with Crippen LogP contribution in [0, 0.1) is 12.7 Å². The molecule has 0 radical (unpaired) electrons. The van der Waals surface area contributed by atoms with Crippen molar-refractivity contribution in [3.63, 3.8) is 0 Å². The zero-order valence-corrected chi connectivity index (χ0v) is 21.5. The number of thioether (sulfide) groups is 1. The molecule has 0 aliphatic carbocycles. The SMILES string of the molecule is CCCN1C(=O)/C(=C\c2ccc(OCc3ccc(F)cc3)c(OCC)c2)SC1=Nc1ccc(C)cc1. The van der Waals surface area contributed by atoms with Gasteiger partial charge in [0.15, 0.2) is 16.7 Å². The molecule has 7 heteroatoms. The Morgan fingerprint density at radius 3 is 2.42 bits per heavy atom. The Kier molecular flexibility index (Phi) is 8.44. The van der Waals surface area contributed by atoms with Gasteiger partial charge in [-0.2, -0.15) is 0 Å². The lowest BCUT2D eigenvalue weighted by Gasteiger charge is -2.14. The second kappa shape index (κ2) is 11.9. The van der Waals surface area contributed by atoms with E-state index in [-0.39, 0.29) is 11.7 Å². The summed E-state index contributed by atoms with van der Waals surface area (Å²) in [5.41, 5.74) is 3.67. The Morgan fingerprint density at radius 2 is 1.72 bits per heavy atom. The minimum absolute atomic E-state index is 0.0534. The average Bonchev–Trinajstić information content (AvgIpc) is 3.15. The topological polar surface area (TPSA) is 51.1 Å². The van der Waals surface area contributed by atoms with Gasteiger partial charge in [-0.15, -0.1) is 0 Å². The molecule has 1 fully saturated rings. The molecule has 0 spiro atoms. The number of amidine groups is 1. The summed E-state index contributed by atoms with van der Waals surface area (Å²) in [6, 6.07) is 19.7. The molecule has 0 atom stereocenters. The van der Waals surface area contributed by atoms with E-state index in [4.69, 9.17) is 14.5 Å². The van der Waals surface area contributed by atoms with Gasteiger partial charge in [-0.05, 0) is 85.6 Å². The van der Waals surface area contributed by atoms with E-state index >= 15 is 0 Å². The minimum atomic E-state index is -0.282. The fourth-order valence-electron chi connectivity index (χ4n) is 3.64. The van der Waals surface area contributed by atoms with E-state index in [0.717, 1.165) is 28.8 Å². The largest absolute Gasteiger partial charge is 0.490 e. The molecule has 3 aromatic carbocycles. The van der Waals surface area contributed by atoms with E-state index in [9.17, 15) is 9.18 Å². The van der Waals surface area contributed by atoms with Crippen LogP contribution in [-0.2, 0) is 11.4 Å². The van der Waals surface area contributed by atoms with Gasteiger partial charge in [0.2, 0.25) is 0 Å². The van der Waals surface area contributed by atoms with Crippen LogP contribution in [0.1, 0.15) is 37.0 Å². The molecule has 1 aliphatic rings. The van der Waals surface area contributed by atoms with E-state index in [1.807, 2.05) is 69.3 Å². The highest BCUT2D eigenvalue weighted by Crippen LogP contribution is 2.36. The van der Waals surface area contributed by atoms with Gasteiger partial charge in [0.25, 0.3) is 5.91 Å². The molecule has 0 N–H and O–H groups in total. The first kappa shape index (κ1) is 25.5. The van der Waals surface area contributed by atoms with E-state index < -0.39 is 0 Å². The van der Waals surface area contributed by atoms with E-state index in [1.54, 1.807) is 17.0 Å². The molecule has 1 heterocycles. The number of carbonyl (C=O) groups excluding carboxylic acids is 1. The molecule has 1 saturated heterocycles. The van der Waals surface area contributed by atoms with Gasteiger partial charge in [-0.25, -0.2) is 9.38 Å². The zero-order valence-electron chi connectivity index (χ0n) is 20.7. The quantitative estimate of drug-likeness (QED) is 0.291. The molecule has 0 bridgehead atoms. The summed E-state index contributed by atoms with van der Waals surface area (Å²) in [5.74, 6) is 0.837. The Morgan fingerprint density at radius 1 is 0.972 bits per heavy atom. The highest BCUT2D eigenvalue weighted by atomic mass is 32.2. The van der Waals surface area contributed by atoms with Gasteiger partial charge < -0.3 is 9.47 Å². The summed E-state index contributed by atoms with van der Waals surface area (Å²) >= 11 is 1.38. The first-order chi connectivity index (χ1) is 17.5. The summed E-state index contributed by atoms with van der Waals surface area (Å²) < 4.78 is 24.9. The highest BCUT2D eigenvalue weighted by Gasteiger charge is 2.32. The van der Waals surface area contributed by atoms with Crippen LogP contribution in [0.5, 0.6) is 11.5 Å². The second-order valence-electron chi connectivity index (χ2n) is 8.35. The first-order valence-corrected chi connectivity index (χ1v) is 12.8. The van der Waals surface area contributed by atoms with Gasteiger partial charge >= 0.3 is 0 Å². The molecule has 3 aromatic rings. The van der Waals surface area contributed by atoms with Crippen LogP contribution in [0.25, 0.3) is 6.08 Å². The third-order valence-corrected chi connectivity index (χ3v) is 6.47. The molecule has 1 aliphatic heterocycles. The number of aryl methyl sites for hydroxylation is 1. The van der Waals surface area contributed by atoms with Crippen molar-refractivity contribution in [3.05, 3.63) is 94.1 Å². The standard InChI is InChI=1S/C29H29FN2O3S/c1-4-16-32-28(33)27(36-29(32)31-24-13-6-20(3)7-14-24)18-22-10-15-25(26(17-22)34-5-2)35-19-21-8-11-23(30)12-9-21/h6-15,17-18H,4-5,16,19H2,1-3H3/b27-18+,31-29?. The number of hydrogen-bond acceptors (Lipinski definition) is 5. The van der Waals surface area contributed by atoms with E-state index in [2.05, 4.69) is 0 Å². The molecule has 0 unspecified atom stereocenters. The molecule has 186 valence electrons. The third-order valence-electron chi connectivity index (χ3n) is 5.47. The van der Waals surface area contributed by atoms with Crippen LogP contribution in [0.2, 0.25) is 0 Å². The summed E-state index contributed by atoms with van der Waals surface area (Å²) in [6.07, 6.45) is 2.70. The van der Waals surface area contributed by atoms with E-state index in [1.165, 1.54) is 23.9 Å². The number of benzene rings is 3. The summed E-state index contributed by atoms with van der Waals surface area (Å²) in [4.78, 5) is 20.3. The van der Waals surface area contributed by atoms with Crippen LogP contribution in [0.15, 0.2) is 76.6 Å². The van der Waals surface area contributed by atoms with E-state index in [0.29, 0.717) is 41.3 Å². The predicted octanol–water partition coefficient (Wildman–Crippen LogP) is 7.13. The predicted molar refractivity (Wildman–Crippen MR) is 144 cm³/mol. The van der Waals surface area contributed by atoms with Gasteiger partial charge in [0.1, 0.15) is 12.4 Å². The lowest BCUT2D eigenvalue weighted by molar-refractivity contribution is -0.122. The van der Waals surface area contributed by atoms with Gasteiger partial charge in [-0.1, -0.05) is 42.8 Å². The number of halogens is 1. The number of hydrogen-bond donors (Lipinski definition) is 0. The number of amides is 1. The maximum absolute atomic E-state index is 13.2. The van der Waals surface area contributed by atoms with Crippen LogP contribution in [-0.4, -0.2) is 29.1 Å². The Labute approximate surface area is 215 Å². The van der Waals surface area contributed by atoms with Crippen molar-refractivity contribution in [3.8, 4) is 11.5 Å². The van der Waals surface area contributed by atoms with Crippen molar-refractivity contribution in [2.45, 2.75) is 33.8 Å². The third kappa shape index (κ3) is 6.34. The molecule has 36 heavy (non-hydrogen) atoms. The average molecular weight is 505 g/mol. The molecular weight excluding hydrogens is 475 g/mol. The maximum atomic E-state index is 13.2. The highest BCUT2D eigenvalue weighted by molar-refractivity contribution is 8.18. The number of ether oxygens (including phenoxy) is 2. The Hall–Kier alpha value is -3.58. The maximum Gasteiger partial charge on any atom is 0.266 e. The van der Waals surface area contributed by atoms with Crippen molar-refractivity contribution >= 4 is 34.6 Å². The van der Waals surface area contributed by atoms with Crippen molar-refractivity contribution in [1.29, 1.82) is 0 Å². The van der Waals surface area contributed by atoms with Crippen LogP contribution in [0.3, 0.4) is 0 Å². The minimum Gasteiger partial charge on any atom is -0.490 e. The molecule has 5 nitrogen and oxygen atoms in total. The number of rotatable bonds is 9. The van der Waals surface area contributed by atoms with Gasteiger partial charge in [0, 0.05) is 6.54 Å². The number of nitrogens with zero attached hydrogens (tertiary/aromatic N) is 2. The Bertz CT molecular complexity index is 1270. The summed E-state index contributed by atoms with van der Waals surface area (Å²) in [7, 11) is 0. The van der Waals surface area contributed by atoms with Crippen molar-refractivity contribution in [1.82, 2.24) is 4.90 Å².